The molecular weight excluding hydrogens is 356 g/mol. The first-order valence-corrected chi connectivity index (χ1v) is 7.62. The maximum Gasteiger partial charge on any atom is 0.416 e. The number of rotatable bonds is 3. The summed E-state index contributed by atoms with van der Waals surface area (Å²) in [4.78, 5) is 0. The molecule has 0 aromatic heterocycles. The molecule has 1 nitrogen and oxygen atoms in total. The number of hydrogen-bond donors (Lipinski definition) is 0. The number of alkyl halides is 6. The van der Waals surface area contributed by atoms with Crippen LogP contribution in [0.2, 0.25) is 0 Å². The molecule has 0 spiro atoms. The molecule has 0 fully saturated rings. The number of nitriles is 1. The van der Waals surface area contributed by atoms with Crippen LogP contribution >= 0.6 is 0 Å². The number of nitrogens with zero attached hydrogens (tertiary/aromatic N) is 1. The van der Waals surface area contributed by atoms with Gasteiger partial charge in [-0.25, -0.2) is 0 Å². The van der Waals surface area contributed by atoms with Gasteiger partial charge in [-0.3, -0.25) is 0 Å². The Balaban J connectivity index is 2.60. The Morgan fingerprint density at radius 1 is 0.923 bits per heavy atom. The van der Waals surface area contributed by atoms with E-state index in [1.807, 2.05) is 6.07 Å². The Morgan fingerprint density at radius 3 is 2.08 bits per heavy atom. The first-order valence-electron chi connectivity index (χ1n) is 7.62. The van der Waals surface area contributed by atoms with Crippen LogP contribution in [-0.4, -0.2) is 6.18 Å². The summed E-state index contributed by atoms with van der Waals surface area (Å²) in [5.41, 5.74) is -3.14. The van der Waals surface area contributed by atoms with E-state index < -0.39 is 35.3 Å². The molecule has 2 rings (SSSR count). The molecule has 0 saturated heterocycles. The highest BCUT2D eigenvalue weighted by Crippen LogP contribution is 2.45. The summed E-state index contributed by atoms with van der Waals surface area (Å²) in [5.74, 6) is 0. The van der Waals surface area contributed by atoms with E-state index in [1.165, 1.54) is 18.2 Å². The van der Waals surface area contributed by atoms with Gasteiger partial charge in [-0.05, 0) is 55.2 Å². The predicted octanol–water partition coefficient (Wildman–Crippen LogP) is 5.95. The first kappa shape index (κ1) is 19.8. The van der Waals surface area contributed by atoms with Crippen LogP contribution in [-0.2, 0) is 18.0 Å². The summed E-state index contributed by atoms with van der Waals surface area (Å²) in [7, 11) is 0. The van der Waals surface area contributed by atoms with Crippen LogP contribution in [0.25, 0.3) is 0 Å². The van der Waals surface area contributed by atoms with Gasteiger partial charge in [-0.1, -0.05) is 24.3 Å². The minimum atomic E-state index is -4.79. The smallest absolute Gasteiger partial charge is 0.192 e. The van der Waals surface area contributed by atoms with Crippen LogP contribution < -0.4 is 0 Å². The lowest BCUT2D eigenvalue weighted by molar-refractivity contribution is -0.185. The summed E-state index contributed by atoms with van der Waals surface area (Å²) in [5, 5.41) is 8.96. The van der Waals surface area contributed by atoms with E-state index in [1.54, 1.807) is 6.92 Å². The third kappa shape index (κ3) is 3.85. The van der Waals surface area contributed by atoms with E-state index in [0.29, 0.717) is 11.6 Å². The normalized spacial score (nSPS) is 14.6. The number of benzene rings is 2. The van der Waals surface area contributed by atoms with Crippen molar-refractivity contribution in [2.24, 2.45) is 0 Å². The first-order chi connectivity index (χ1) is 11.9. The monoisotopic (exact) mass is 371 g/mol. The van der Waals surface area contributed by atoms with E-state index in [-0.39, 0.29) is 11.1 Å². The van der Waals surface area contributed by atoms with Crippen molar-refractivity contribution in [2.75, 3.05) is 0 Å². The number of hydrogen-bond acceptors (Lipinski definition) is 1. The van der Waals surface area contributed by atoms with Crippen molar-refractivity contribution in [3.05, 3.63) is 70.3 Å². The Bertz CT molecular complexity index is 844. The van der Waals surface area contributed by atoms with Gasteiger partial charge >= 0.3 is 12.4 Å². The quantitative estimate of drug-likeness (QED) is 0.612. The molecule has 7 heteroatoms. The second kappa shape index (κ2) is 6.67. The lowest BCUT2D eigenvalue weighted by atomic mass is 9.75. The van der Waals surface area contributed by atoms with E-state index >= 15 is 0 Å². The fourth-order valence-corrected chi connectivity index (χ4v) is 2.72. The van der Waals surface area contributed by atoms with E-state index in [0.717, 1.165) is 25.1 Å². The minimum absolute atomic E-state index is 0.194. The fourth-order valence-electron chi connectivity index (χ4n) is 2.72. The van der Waals surface area contributed by atoms with Crippen molar-refractivity contribution >= 4 is 0 Å². The highest BCUT2D eigenvalue weighted by molar-refractivity contribution is 5.41. The molecule has 0 bridgehead atoms. The van der Waals surface area contributed by atoms with Crippen LogP contribution in [0.1, 0.15) is 34.7 Å². The molecule has 1 atom stereocenters. The maximum atomic E-state index is 13.9. The van der Waals surface area contributed by atoms with Gasteiger partial charge in [0.2, 0.25) is 0 Å². The largest absolute Gasteiger partial charge is 0.416 e. The fraction of sp³-hybridized carbons (Fsp3) is 0.316. The second-order valence-corrected chi connectivity index (χ2v) is 6.34. The Kier molecular flexibility index (Phi) is 5.09. The standard InChI is InChI=1S/C19H15F6N/c1-12-6-7-13(11-26)8-14(12)10-17(2,19(23,24)25)15-4-3-5-16(9-15)18(20,21)22/h3-9H,10H2,1-2H3. The van der Waals surface area contributed by atoms with Gasteiger partial charge in [-0.2, -0.15) is 31.6 Å². The molecule has 0 amide bonds. The van der Waals surface area contributed by atoms with E-state index in [2.05, 4.69) is 0 Å². The zero-order valence-electron chi connectivity index (χ0n) is 14.0. The minimum Gasteiger partial charge on any atom is -0.192 e. The number of aryl methyl sites for hydroxylation is 1. The Labute approximate surface area is 146 Å². The van der Waals surface area contributed by atoms with Crippen molar-refractivity contribution in [1.29, 1.82) is 5.26 Å². The Morgan fingerprint density at radius 2 is 1.54 bits per heavy atom. The van der Waals surface area contributed by atoms with Gasteiger partial charge in [0, 0.05) is 0 Å². The Hall–Kier alpha value is -2.49. The molecule has 0 aliphatic rings. The van der Waals surface area contributed by atoms with Gasteiger partial charge in [0.1, 0.15) is 0 Å². The van der Waals surface area contributed by atoms with Gasteiger partial charge < -0.3 is 0 Å². The van der Waals surface area contributed by atoms with Crippen LogP contribution in [0.4, 0.5) is 26.3 Å². The molecule has 0 N–H and O–H groups in total. The summed E-state index contributed by atoms with van der Waals surface area (Å²) >= 11 is 0. The van der Waals surface area contributed by atoms with Crippen molar-refractivity contribution in [1.82, 2.24) is 0 Å². The van der Waals surface area contributed by atoms with E-state index in [4.69, 9.17) is 5.26 Å². The van der Waals surface area contributed by atoms with Gasteiger partial charge in [-0.15, -0.1) is 0 Å². The van der Waals surface area contributed by atoms with Crippen LogP contribution in [0.5, 0.6) is 0 Å². The van der Waals surface area contributed by atoms with Crippen LogP contribution in [0.15, 0.2) is 42.5 Å². The number of halogens is 6. The average molecular weight is 371 g/mol. The lowest BCUT2D eigenvalue weighted by Crippen LogP contribution is -2.42. The lowest BCUT2D eigenvalue weighted by Gasteiger charge is -2.33. The molecule has 0 radical (unpaired) electrons. The third-order valence-corrected chi connectivity index (χ3v) is 4.47. The van der Waals surface area contributed by atoms with Crippen LogP contribution in [0, 0.1) is 18.3 Å². The highest BCUT2D eigenvalue weighted by atomic mass is 19.4. The summed E-state index contributed by atoms with van der Waals surface area (Å²) in [6.07, 6.45) is -10.1. The molecular formula is C19H15F6N. The van der Waals surface area contributed by atoms with Crippen molar-refractivity contribution < 1.29 is 26.3 Å². The molecule has 138 valence electrons. The van der Waals surface area contributed by atoms with Gasteiger partial charge in [0.15, 0.2) is 0 Å². The molecule has 2 aromatic rings. The molecule has 1 unspecified atom stereocenters. The van der Waals surface area contributed by atoms with Gasteiger partial charge in [0.25, 0.3) is 0 Å². The zero-order valence-corrected chi connectivity index (χ0v) is 14.0. The molecule has 0 heterocycles. The summed E-state index contributed by atoms with van der Waals surface area (Å²) in [6, 6.07) is 9.50. The molecule has 26 heavy (non-hydrogen) atoms. The molecule has 2 aromatic carbocycles. The zero-order chi connectivity index (χ0) is 19.8. The van der Waals surface area contributed by atoms with Crippen molar-refractivity contribution in [2.45, 2.75) is 38.0 Å². The second-order valence-electron chi connectivity index (χ2n) is 6.34. The average Bonchev–Trinajstić information content (AvgIpc) is 2.55. The summed E-state index contributed by atoms with van der Waals surface area (Å²) < 4.78 is 80.4. The van der Waals surface area contributed by atoms with Crippen LogP contribution in [0.3, 0.4) is 0 Å². The summed E-state index contributed by atoms with van der Waals surface area (Å²) in [6.45, 7) is 2.47. The SMILES string of the molecule is Cc1ccc(C#N)cc1CC(C)(c1cccc(C(F)(F)F)c1)C(F)(F)F. The van der Waals surface area contributed by atoms with Crippen molar-refractivity contribution in [3.63, 3.8) is 0 Å². The van der Waals surface area contributed by atoms with Gasteiger partial charge in [0.05, 0.1) is 22.6 Å². The molecule has 0 aliphatic carbocycles. The van der Waals surface area contributed by atoms with Crippen molar-refractivity contribution in [3.8, 4) is 6.07 Å². The third-order valence-electron chi connectivity index (χ3n) is 4.47. The predicted molar refractivity (Wildman–Crippen MR) is 84.4 cm³/mol. The maximum absolute atomic E-state index is 13.9. The van der Waals surface area contributed by atoms with E-state index in [9.17, 15) is 26.3 Å². The topological polar surface area (TPSA) is 23.8 Å². The molecule has 0 saturated carbocycles. The highest BCUT2D eigenvalue weighted by Gasteiger charge is 2.52. The molecule has 0 aliphatic heterocycles.